The molecule has 1 N–H and O–H groups in total. The van der Waals surface area contributed by atoms with Gasteiger partial charge in [0.1, 0.15) is 0 Å². The van der Waals surface area contributed by atoms with Crippen LogP contribution in [0.25, 0.3) is 0 Å². The Kier molecular flexibility index (Phi) is 4.58. The molecule has 112 valence electrons. The van der Waals surface area contributed by atoms with E-state index in [2.05, 4.69) is 11.4 Å². The van der Waals surface area contributed by atoms with Gasteiger partial charge in [-0.15, -0.1) is 0 Å². The molecule has 0 aromatic heterocycles. The maximum absolute atomic E-state index is 12.6. The molecule has 1 aliphatic heterocycles. The first-order chi connectivity index (χ1) is 9.37. The topological polar surface area (TPSA) is 15.3 Å². The van der Waals surface area contributed by atoms with Gasteiger partial charge in [0.05, 0.1) is 6.54 Å². The van der Waals surface area contributed by atoms with Crippen molar-refractivity contribution in [3.8, 4) is 0 Å². The summed E-state index contributed by atoms with van der Waals surface area (Å²) in [5.41, 5.74) is 2.34. The molecule has 0 aliphatic carbocycles. The minimum absolute atomic E-state index is 0.0961. The minimum Gasteiger partial charge on any atom is -0.384 e. The van der Waals surface area contributed by atoms with Crippen molar-refractivity contribution in [2.45, 2.75) is 38.4 Å². The second kappa shape index (κ2) is 6.04. The van der Waals surface area contributed by atoms with Crippen LogP contribution in [-0.4, -0.2) is 36.8 Å². The quantitative estimate of drug-likeness (QED) is 0.884. The van der Waals surface area contributed by atoms with Gasteiger partial charge in [0.2, 0.25) is 0 Å². The van der Waals surface area contributed by atoms with Crippen LogP contribution >= 0.6 is 0 Å². The summed E-state index contributed by atoms with van der Waals surface area (Å²) in [6.07, 6.45) is -3.38. The maximum Gasteiger partial charge on any atom is 0.401 e. The lowest BCUT2D eigenvalue weighted by Crippen LogP contribution is -2.40. The summed E-state index contributed by atoms with van der Waals surface area (Å²) in [4.78, 5) is 1.50. The third-order valence-corrected chi connectivity index (χ3v) is 3.82. The predicted octanol–water partition coefficient (Wildman–Crippen LogP) is 3.86. The number of hydrogen-bond donors (Lipinski definition) is 1. The molecule has 0 fully saturated rings. The molecule has 0 bridgehead atoms. The van der Waals surface area contributed by atoms with Gasteiger partial charge in [-0.3, -0.25) is 4.90 Å². The number of hydrogen-bond acceptors (Lipinski definition) is 2. The van der Waals surface area contributed by atoms with Crippen molar-refractivity contribution in [2.75, 3.05) is 25.0 Å². The van der Waals surface area contributed by atoms with Crippen molar-refractivity contribution < 1.29 is 13.2 Å². The summed E-state index contributed by atoms with van der Waals surface area (Å²) >= 11 is 0. The lowest BCUT2D eigenvalue weighted by molar-refractivity contribution is -0.149. The molecule has 0 radical (unpaired) electrons. The molecule has 1 aromatic rings. The number of benzene rings is 1. The number of fused-ring (bicyclic) bond motifs is 1. The van der Waals surface area contributed by atoms with Crippen molar-refractivity contribution in [3.63, 3.8) is 0 Å². The molecule has 0 saturated carbocycles. The van der Waals surface area contributed by atoms with Gasteiger partial charge in [0, 0.05) is 24.2 Å². The molecule has 5 heteroatoms. The summed E-state index contributed by atoms with van der Waals surface area (Å²) < 4.78 is 37.7. The summed E-state index contributed by atoms with van der Waals surface area (Å²) in [5, 5.41) is 3.31. The van der Waals surface area contributed by atoms with E-state index in [4.69, 9.17) is 0 Å². The number of halogens is 3. The Bertz CT molecular complexity index is 443. The zero-order valence-corrected chi connectivity index (χ0v) is 11.9. The maximum atomic E-state index is 12.6. The van der Waals surface area contributed by atoms with Crippen LogP contribution in [0, 0.1) is 0 Å². The fourth-order valence-electron chi connectivity index (χ4n) is 2.69. The highest BCUT2D eigenvalue weighted by molar-refractivity contribution is 5.57. The van der Waals surface area contributed by atoms with E-state index < -0.39 is 12.7 Å². The van der Waals surface area contributed by atoms with Crippen LogP contribution in [0.2, 0.25) is 0 Å². The number of anilines is 1. The van der Waals surface area contributed by atoms with Crippen molar-refractivity contribution in [2.24, 2.45) is 0 Å². The van der Waals surface area contributed by atoms with Gasteiger partial charge >= 0.3 is 6.18 Å². The van der Waals surface area contributed by atoms with E-state index in [1.807, 2.05) is 32.0 Å². The highest BCUT2D eigenvalue weighted by Gasteiger charge is 2.32. The van der Waals surface area contributed by atoms with Crippen LogP contribution in [0.15, 0.2) is 24.3 Å². The van der Waals surface area contributed by atoms with E-state index in [0.29, 0.717) is 12.5 Å². The fourth-order valence-corrected chi connectivity index (χ4v) is 2.69. The largest absolute Gasteiger partial charge is 0.401 e. The molecule has 1 heterocycles. The van der Waals surface area contributed by atoms with E-state index in [9.17, 15) is 13.2 Å². The Morgan fingerprint density at radius 1 is 1.30 bits per heavy atom. The number of alkyl halides is 3. The van der Waals surface area contributed by atoms with E-state index in [1.54, 1.807) is 0 Å². The minimum atomic E-state index is -4.13. The number of nitrogens with zero attached hydrogens (tertiary/aromatic N) is 1. The van der Waals surface area contributed by atoms with Gasteiger partial charge in [0.25, 0.3) is 0 Å². The van der Waals surface area contributed by atoms with Crippen molar-refractivity contribution >= 4 is 5.69 Å². The molecule has 1 aromatic carbocycles. The summed E-state index contributed by atoms with van der Waals surface area (Å²) in [6.45, 7) is 4.08. The lowest BCUT2D eigenvalue weighted by atomic mass is 9.97. The number of para-hydroxylation sites is 1. The van der Waals surface area contributed by atoms with Gasteiger partial charge in [-0.25, -0.2) is 0 Å². The molecule has 2 rings (SSSR count). The van der Waals surface area contributed by atoms with Crippen molar-refractivity contribution in [1.82, 2.24) is 4.90 Å². The van der Waals surface area contributed by atoms with Gasteiger partial charge in [0.15, 0.2) is 0 Å². The van der Waals surface area contributed by atoms with Gasteiger partial charge in [-0.1, -0.05) is 18.2 Å². The monoisotopic (exact) mass is 286 g/mol. The van der Waals surface area contributed by atoms with Crippen LogP contribution in [0.3, 0.4) is 0 Å². The van der Waals surface area contributed by atoms with Crippen LogP contribution in [-0.2, 0) is 0 Å². The Morgan fingerprint density at radius 3 is 2.65 bits per heavy atom. The molecule has 1 atom stereocenters. The van der Waals surface area contributed by atoms with Crippen molar-refractivity contribution in [3.05, 3.63) is 29.8 Å². The molecule has 0 amide bonds. The third kappa shape index (κ3) is 3.88. The molecule has 1 aliphatic rings. The first-order valence-electron chi connectivity index (χ1n) is 7.00. The standard InChI is InChI=1S/C15H21F3N2/c1-11(2)20(10-15(16,17)18)8-7-12-9-19-14-6-4-3-5-13(12)14/h3-6,11-12,19H,7-10H2,1-2H3. The van der Waals surface area contributed by atoms with Crippen LogP contribution in [0.5, 0.6) is 0 Å². The first-order valence-corrected chi connectivity index (χ1v) is 7.00. The predicted molar refractivity (Wildman–Crippen MR) is 75.1 cm³/mol. The number of nitrogens with one attached hydrogen (secondary N) is 1. The molecule has 0 saturated heterocycles. The Labute approximate surface area is 118 Å². The summed E-state index contributed by atoms with van der Waals surface area (Å²) in [5.74, 6) is 0.306. The third-order valence-electron chi connectivity index (χ3n) is 3.82. The highest BCUT2D eigenvalue weighted by Crippen LogP contribution is 2.33. The molecule has 20 heavy (non-hydrogen) atoms. The summed E-state index contributed by atoms with van der Waals surface area (Å²) in [7, 11) is 0. The summed E-state index contributed by atoms with van der Waals surface area (Å²) in [6, 6.07) is 7.93. The van der Waals surface area contributed by atoms with Gasteiger partial charge in [-0.05, 0) is 38.4 Å². The zero-order valence-electron chi connectivity index (χ0n) is 11.9. The fraction of sp³-hybridized carbons (Fsp3) is 0.600. The molecule has 1 unspecified atom stereocenters. The first kappa shape index (κ1) is 15.2. The normalized spacial score (nSPS) is 18.4. The van der Waals surface area contributed by atoms with Crippen LogP contribution < -0.4 is 5.32 Å². The molecule has 2 nitrogen and oxygen atoms in total. The second-order valence-electron chi connectivity index (χ2n) is 5.63. The van der Waals surface area contributed by atoms with E-state index in [0.717, 1.165) is 18.7 Å². The zero-order chi connectivity index (χ0) is 14.8. The average Bonchev–Trinajstić information content (AvgIpc) is 2.76. The Balaban J connectivity index is 1.94. The van der Waals surface area contributed by atoms with E-state index >= 15 is 0 Å². The highest BCUT2D eigenvalue weighted by atomic mass is 19.4. The molecular weight excluding hydrogens is 265 g/mol. The number of rotatable bonds is 5. The second-order valence-corrected chi connectivity index (χ2v) is 5.63. The van der Waals surface area contributed by atoms with Gasteiger partial charge < -0.3 is 5.32 Å². The van der Waals surface area contributed by atoms with Gasteiger partial charge in [-0.2, -0.15) is 13.2 Å². The van der Waals surface area contributed by atoms with Crippen LogP contribution in [0.4, 0.5) is 18.9 Å². The van der Waals surface area contributed by atoms with E-state index in [-0.39, 0.29) is 6.04 Å². The average molecular weight is 286 g/mol. The Morgan fingerprint density at radius 2 is 2.00 bits per heavy atom. The molecular formula is C15H21F3N2. The SMILES string of the molecule is CC(C)N(CCC1CNc2ccccc21)CC(F)(F)F. The van der Waals surface area contributed by atoms with Crippen molar-refractivity contribution in [1.29, 1.82) is 0 Å². The van der Waals surface area contributed by atoms with E-state index in [1.165, 1.54) is 10.5 Å². The van der Waals surface area contributed by atoms with Crippen LogP contribution in [0.1, 0.15) is 31.7 Å². The molecule has 0 spiro atoms. The Hall–Kier alpha value is -1.23. The smallest absolute Gasteiger partial charge is 0.384 e. The lowest BCUT2D eigenvalue weighted by Gasteiger charge is -2.28.